The Morgan fingerprint density at radius 1 is 1.32 bits per heavy atom. The van der Waals surface area contributed by atoms with Crippen LogP contribution in [0, 0.1) is 0 Å². The molecule has 0 spiro atoms. The molecule has 1 unspecified atom stereocenters. The van der Waals surface area contributed by atoms with Crippen LogP contribution in [0.3, 0.4) is 0 Å². The maximum absolute atomic E-state index is 6.38. The Morgan fingerprint density at radius 3 is 2.89 bits per heavy atom. The van der Waals surface area contributed by atoms with Crippen LogP contribution in [0.5, 0.6) is 0 Å². The van der Waals surface area contributed by atoms with Gasteiger partial charge >= 0.3 is 0 Å². The van der Waals surface area contributed by atoms with Crippen molar-refractivity contribution in [1.82, 2.24) is 14.1 Å². The van der Waals surface area contributed by atoms with Crippen LogP contribution in [0.1, 0.15) is 12.8 Å². The quantitative estimate of drug-likeness (QED) is 0.923. The maximum Gasteiger partial charge on any atom is 0.131 e. The Kier molecular flexibility index (Phi) is 3.80. The van der Waals surface area contributed by atoms with Crippen molar-refractivity contribution in [2.75, 3.05) is 25.0 Å². The zero-order valence-corrected chi connectivity index (χ0v) is 12.8. The van der Waals surface area contributed by atoms with E-state index in [1.54, 1.807) is 6.07 Å². The minimum Gasteiger partial charge on any atom is -0.367 e. The highest BCUT2D eigenvalue weighted by atomic mass is 35.5. The molecule has 0 radical (unpaired) electrons. The number of nitrogens with one attached hydrogen (secondary N) is 1. The molecule has 19 heavy (non-hydrogen) atoms. The van der Waals surface area contributed by atoms with E-state index in [0.717, 1.165) is 36.2 Å². The van der Waals surface area contributed by atoms with E-state index in [4.69, 9.17) is 23.2 Å². The van der Waals surface area contributed by atoms with E-state index >= 15 is 0 Å². The fourth-order valence-corrected chi connectivity index (χ4v) is 3.81. The van der Waals surface area contributed by atoms with Crippen molar-refractivity contribution < 1.29 is 0 Å². The van der Waals surface area contributed by atoms with E-state index < -0.39 is 0 Å². The van der Waals surface area contributed by atoms with Crippen LogP contribution in [-0.2, 0) is 0 Å². The Hall–Kier alpha value is -0.620. The lowest BCUT2D eigenvalue weighted by Crippen LogP contribution is -2.44. The summed E-state index contributed by atoms with van der Waals surface area (Å²) in [7, 11) is 2.00. The summed E-state index contributed by atoms with van der Waals surface area (Å²) in [5.41, 5.74) is 2.53. The van der Waals surface area contributed by atoms with E-state index in [2.05, 4.69) is 19.0 Å². The molecule has 0 saturated carbocycles. The summed E-state index contributed by atoms with van der Waals surface area (Å²) in [6.45, 7) is 1.93. The summed E-state index contributed by atoms with van der Waals surface area (Å²) in [5.74, 6) is 0. The van der Waals surface area contributed by atoms with Crippen molar-refractivity contribution in [3.05, 3.63) is 16.1 Å². The van der Waals surface area contributed by atoms with Crippen molar-refractivity contribution in [3.63, 3.8) is 0 Å². The standard InChI is InChI=1S/C12H14Cl2N4S/c1-15-7-3-2-4-18(6-7)12-9(14)5-8(13)10-11(12)17-19-16-10/h5,7,15H,2-4,6H2,1H3. The fraction of sp³-hybridized carbons (Fsp3) is 0.500. The van der Waals surface area contributed by atoms with E-state index in [0.29, 0.717) is 16.1 Å². The normalized spacial score (nSPS) is 20.2. The molecule has 0 amide bonds. The highest BCUT2D eigenvalue weighted by Gasteiger charge is 2.24. The SMILES string of the molecule is CNC1CCCN(c2c(Cl)cc(Cl)c3nsnc23)C1. The van der Waals surface area contributed by atoms with Gasteiger partial charge in [0.05, 0.1) is 27.5 Å². The van der Waals surface area contributed by atoms with E-state index in [9.17, 15) is 0 Å². The number of piperidine rings is 1. The molecule has 1 fully saturated rings. The van der Waals surface area contributed by atoms with Gasteiger partial charge in [-0.05, 0) is 26.0 Å². The number of benzene rings is 1. The molecular weight excluding hydrogens is 303 g/mol. The Labute approximate surface area is 126 Å². The first kappa shape index (κ1) is 13.4. The number of fused-ring (bicyclic) bond motifs is 1. The molecule has 7 heteroatoms. The average Bonchev–Trinajstić information content (AvgIpc) is 2.88. The van der Waals surface area contributed by atoms with Gasteiger partial charge in [-0.15, -0.1) is 0 Å². The van der Waals surface area contributed by atoms with Gasteiger partial charge in [0, 0.05) is 19.1 Å². The van der Waals surface area contributed by atoms with E-state index in [1.165, 1.54) is 18.1 Å². The summed E-state index contributed by atoms with van der Waals surface area (Å²) in [6, 6.07) is 2.26. The lowest BCUT2D eigenvalue weighted by molar-refractivity contribution is 0.450. The Balaban J connectivity index is 2.06. The highest BCUT2D eigenvalue weighted by molar-refractivity contribution is 7.00. The van der Waals surface area contributed by atoms with E-state index in [1.807, 2.05) is 7.05 Å². The van der Waals surface area contributed by atoms with E-state index in [-0.39, 0.29) is 0 Å². The first-order chi connectivity index (χ1) is 9.20. The zero-order valence-electron chi connectivity index (χ0n) is 10.5. The number of halogens is 2. The Bertz CT molecular complexity index is 601. The minimum atomic E-state index is 0.488. The van der Waals surface area contributed by atoms with Crippen molar-refractivity contribution in [1.29, 1.82) is 0 Å². The maximum atomic E-state index is 6.38. The third-order valence-corrected chi connectivity index (χ3v) is 4.67. The number of anilines is 1. The van der Waals surface area contributed by atoms with Gasteiger partial charge in [0.25, 0.3) is 0 Å². The minimum absolute atomic E-state index is 0.488. The first-order valence-electron chi connectivity index (χ1n) is 6.23. The predicted molar refractivity (Wildman–Crippen MR) is 81.7 cm³/mol. The second-order valence-corrected chi connectivity index (χ2v) is 6.07. The molecule has 4 nitrogen and oxygen atoms in total. The number of likely N-dealkylation sites (N-methyl/N-ethyl adjacent to an activating group) is 1. The third kappa shape index (κ3) is 2.40. The van der Waals surface area contributed by atoms with Crippen LogP contribution in [0.2, 0.25) is 10.0 Å². The van der Waals surface area contributed by atoms with Gasteiger partial charge in [-0.1, -0.05) is 23.2 Å². The van der Waals surface area contributed by atoms with Gasteiger partial charge in [-0.3, -0.25) is 0 Å². The first-order valence-corrected chi connectivity index (χ1v) is 7.72. The van der Waals surface area contributed by atoms with Crippen LogP contribution in [0.4, 0.5) is 5.69 Å². The van der Waals surface area contributed by atoms with Crippen LogP contribution in [-0.4, -0.2) is 34.9 Å². The van der Waals surface area contributed by atoms with Gasteiger partial charge in [0.15, 0.2) is 0 Å². The summed E-state index contributed by atoms with van der Waals surface area (Å²) < 4.78 is 8.62. The lowest BCUT2D eigenvalue weighted by atomic mass is 10.0. The Morgan fingerprint density at radius 2 is 2.11 bits per heavy atom. The average molecular weight is 317 g/mol. The zero-order chi connectivity index (χ0) is 13.4. The molecule has 1 saturated heterocycles. The molecule has 3 rings (SSSR count). The monoisotopic (exact) mass is 316 g/mol. The molecule has 1 N–H and O–H groups in total. The third-order valence-electron chi connectivity index (χ3n) is 3.56. The van der Waals surface area contributed by atoms with Gasteiger partial charge in [0.1, 0.15) is 11.0 Å². The van der Waals surface area contributed by atoms with Gasteiger partial charge in [-0.25, -0.2) is 0 Å². The molecule has 2 aromatic rings. The molecule has 102 valence electrons. The molecule has 1 aromatic heterocycles. The highest BCUT2D eigenvalue weighted by Crippen LogP contribution is 2.38. The molecular formula is C12H14Cl2N4S. The molecule has 1 aliphatic heterocycles. The van der Waals surface area contributed by atoms with Gasteiger partial charge < -0.3 is 10.2 Å². The number of nitrogens with zero attached hydrogens (tertiary/aromatic N) is 3. The molecule has 1 atom stereocenters. The fourth-order valence-electron chi connectivity index (χ4n) is 2.58. The number of hydrogen-bond acceptors (Lipinski definition) is 5. The molecule has 1 aliphatic rings. The summed E-state index contributed by atoms with van der Waals surface area (Å²) >= 11 is 13.7. The topological polar surface area (TPSA) is 41.0 Å². The molecule has 1 aromatic carbocycles. The second-order valence-electron chi connectivity index (χ2n) is 4.72. The van der Waals surface area contributed by atoms with Crippen LogP contribution >= 0.6 is 34.9 Å². The number of rotatable bonds is 2. The second kappa shape index (κ2) is 5.40. The van der Waals surface area contributed by atoms with Crippen LogP contribution < -0.4 is 10.2 Å². The van der Waals surface area contributed by atoms with Gasteiger partial charge in [0.2, 0.25) is 0 Å². The number of aromatic nitrogens is 2. The number of hydrogen-bond donors (Lipinski definition) is 1. The largest absolute Gasteiger partial charge is 0.367 e. The van der Waals surface area contributed by atoms with Crippen molar-refractivity contribution in [2.24, 2.45) is 0 Å². The van der Waals surface area contributed by atoms with Gasteiger partial charge in [-0.2, -0.15) is 8.75 Å². The molecule has 0 aliphatic carbocycles. The molecule has 2 heterocycles. The predicted octanol–water partition coefficient (Wildman–Crippen LogP) is 3.19. The lowest BCUT2D eigenvalue weighted by Gasteiger charge is -2.34. The van der Waals surface area contributed by atoms with Crippen LogP contribution in [0.15, 0.2) is 6.07 Å². The van der Waals surface area contributed by atoms with Crippen LogP contribution in [0.25, 0.3) is 11.0 Å². The summed E-state index contributed by atoms with van der Waals surface area (Å²) in [5, 5.41) is 4.56. The summed E-state index contributed by atoms with van der Waals surface area (Å²) in [6.07, 6.45) is 2.33. The van der Waals surface area contributed by atoms with Crippen molar-refractivity contribution in [2.45, 2.75) is 18.9 Å². The van der Waals surface area contributed by atoms with Crippen molar-refractivity contribution in [3.8, 4) is 0 Å². The van der Waals surface area contributed by atoms with Crippen molar-refractivity contribution >= 4 is 51.7 Å². The molecule has 0 bridgehead atoms. The summed E-state index contributed by atoms with van der Waals surface area (Å²) in [4.78, 5) is 2.28. The smallest absolute Gasteiger partial charge is 0.131 e.